The lowest BCUT2D eigenvalue weighted by atomic mass is 10.1. The molecule has 2 rings (SSSR count). The Kier molecular flexibility index (Phi) is 2.46. The molecular weight excluding hydrogens is 200 g/mol. The van der Waals surface area contributed by atoms with Gasteiger partial charge in [-0.3, -0.25) is 4.79 Å². The van der Waals surface area contributed by atoms with Crippen LogP contribution in [0.4, 0.5) is 5.82 Å². The van der Waals surface area contributed by atoms with Crippen LogP contribution >= 0.6 is 0 Å². The van der Waals surface area contributed by atoms with Gasteiger partial charge in [0, 0.05) is 37.6 Å². The summed E-state index contributed by atoms with van der Waals surface area (Å²) in [6.07, 6.45) is 0. The number of hydrogen-bond acceptors (Lipinski definition) is 2. The van der Waals surface area contributed by atoms with Crippen LogP contribution in [-0.4, -0.2) is 24.4 Å². The predicted octanol–water partition coefficient (Wildman–Crippen LogP) is 2.45. The zero-order valence-electron chi connectivity index (χ0n) is 10.1. The first-order valence-corrected chi connectivity index (χ1v) is 5.28. The number of rotatable bonds is 2. The molecule has 0 atom stereocenters. The van der Waals surface area contributed by atoms with E-state index in [0.29, 0.717) is 0 Å². The Hall–Kier alpha value is -1.77. The van der Waals surface area contributed by atoms with Crippen molar-refractivity contribution in [1.29, 1.82) is 0 Å². The third-order valence-corrected chi connectivity index (χ3v) is 2.88. The van der Waals surface area contributed by atoms with Crippen LogP contribution in [0.15, 0.2) is 24.3 Å². The summed E-state index contributed by atoms with van der Waals surface area (Å²) in [5.41, 5.74) is 1.91. The van der Waals surface area contributed by atoms with Crippen LogP contribution in [0.25, 0.3) is 10.9 Å². The van der Waals surface area contributed by atoms with Gasteiger partial charge in [0.1, 0.15) is 5.82 Å². The van der Waals surface area contributed by atoms with Crippen molar-refractivity contribution in [2.45, 2.75) is 6.92 Å². The van der Waals surface area contributed by atoms with Crippen LogP contribution in [-0.2, 0) is 7.05 Å². The van der Waals surface area contributed by atoms with Gasteiger partial charge in [-0.25, -0.2) is 0 Å². The summed E-state index contributed by atoms with van der Waals surface area (Å²) in [6.45, 7) is 1.59. The molecule has 16 heavy (non-hydrogen) atoms. The Bertz CT molecular complexity index is 552. The van der Waals surface area contributed by atoms with Crippen molar-refractivity contribution >= 4 is 22.5 Å². The Morgan fingerprint density at radius 2 is 1.94 bits per heavy atom. The van der Waals surface area contributed by atoms with Gasteiger partial charge < -0.3 is 9.47 Å². The van der Waals surface area contributed by atoms with Gasteiger partial charge in [-0.05, 0) is 31.2 Å². The van der Waals surface area contributed by atoms with Crippen molar-refractivity contribution < 1.29 is 4.79 Å². The Morgan fingerprint density at radius 3 is 2.50 bits per heavy atom. The predicted molar refractivity (Wildman–Crippen MR) is 67.3 cm³/mol. The lowest BCUT2D eigenvalue weighted by Gasteiger charge is -2.12. The van der Waals surface area contributed by atoms with Crippen molar-refractivity contribution in [3.63, 3.8) is 0 Å². The van der Waals surface area contributed by atoms with Crippen LogP contribution in [0.3, 0.4) is 0 Å². The molecule has 3 nitrogen and oxygen atoms in total. The third-order valence-electron chi connectivity index (χ3n) is 2.88. The maximum absolute atomic E-state index is 11.3. The number of aryl methyl sites for hydroxylation is 1. The fraction of sp³-hybridized carbons (Fsp3) is 0.308. The second kappa shape index (κ2) is 3.67. The normalized spacial score (nSPS) is 10.8. The lowest BCUT2D eigenvalue weighted by Crippen LogP contribution is -2.12. The molecule has 0 saturated carbocycles. The van der Waals surface area contributed by atoms with Crippen LogP contribution < -0.4 is 4.90 Å². The standard InChI is InChI=1S/C13H16N2O/c1-9(16)10-5-6-12-11(7-10)8-13(14(2)3)15(12)4/h5-8H,1-4H3. The summed E-state index contributed by atoms with van der Waals surface area (Å²) < 4.78 is 2.12. The fourth-order valence-electron chi connectivity index (χ4n) is 1.98. The molecule has 0 bridgehead atoms. The molecule has 0 fully saturated rings. The average molecular weight is 216 g/mol. The summed E-state index contributed by atoms with van der Waals surface area (Å²) in [7, 11) is 6.06. The molecular formula is C13H16N2O. The maximum Gasteiger partial charge on any atom is 0.159 e. The van der Waals surface area contributed by atoms with Crippen molar-refractivity contribution in [2.24, 2.45) is 7.05 Å². The summed E-state index contributed by atoms with van der Waals surface area (Å²) in [5.74, 6) is 1.24. The molecule has 0 spiro atoms. The van der Waals surface area contributed by atoms with E-state index in [1.165, 1.54) is 0 Å². The largest absolute Gasteiger partial charge is 0.364 e. The van der Waals surface area contributed by atoms with Gasteiger partial charge in [0.2, 0.25) is 0 Å². The SMILES string of the molecule is CC(=O)c1ccc2c(c1)cc(N(C)C)n2C. The van der Waals surface area contributed by atoms with Gasteiger partial charge in [-0.2, -0.15) is 0 Å². The number of Topliss-reactive ketones (excluding diaryl/α,β-unsaturated/α-hetero) is 1. The number of nitrogens with zero attached hydrogens (tertiary/aromatic N) is 2. The molecule has 1 aromatic heterocycles. The Labute approximate surface area is 95.3 Å². The minimum atomic E-state index is 0.108. The molecule has 1 heterocycles. The Balaban J connectivity index is 2.67. The van der Waals surface area contributed by atoms with E-state index in [9.17, 15) is 4.79 Å². The molecule has 3 heteroatoms. The highest BCUT2D eigenvalue weighted by Gasteiger charge is 2.08. The highest BCUT2D eigenvalue weighted by molar-refractivity contribution is 5.98. The first kappa shape index (κ1) is 10.7. The number of fused-ring (bicyclic) bond motifs is 1. The molecule has 0 amide bonds. The van der Waals surface area contributed by atoms with Crippen molar-refractivity contribution in [2.75, 3.05) is 19.0 Å². The van der Waals surface area contributed by atoms with Crippen LogP contribution in [0.5, 0.6) is 0 Å². The van der Waals surface area contributed by atoms with E-state index in [-0.39, 0.29) is 5.78 Å². The first-order chi connectivity index (χ1) is 7.50. The molecule has 84 valence electrons. The average Bonchev–Trinajstić information content (AvgIpc) is 2.55. The highest BCUT2D eigenvalue weighted by atomic mass is 16.1. The van der Waals surface area contributed by atoms with Gasteiger partial charge in [-0.15, -0.1) is 0 Å². The summed E-state index contributed by atoms with van der Waals surface area (Å²) in [4.78, 5) is 13.4. The molecule has 0 aliphatic rings. The van der Waals surface area contributed by atoms with Crippen LogP contribution in [0.2, 0.25) is 0 Å². The second-order valence-corrected chi connectivity index (χ2v) is 4.29. The van der Waals surface area contributed by atoms with Crippen molar-refractivity contribution in [3.8, 4) is 0 Å². The molecule has 1 aromatic carbocycles. The molecule has 0 N–H and O–H groups in total. The lowest BCUT2D eigenvalue weighted by molar-refractivity contribution is 0.101. The summed E-state index contributed by atoms with van der Waals surface area (Å²) >= 11 is 0. The van der Waals surface area contributed by atoms with E-state index in [0.717, 1.165) is 22.3 Å². The van der Waals surface area contributed by atoms with Gasteiger partial charge >= 0.3 is 0 Å². The number of carbonyl (C=O) groups excluding carboxylic acids is 1. The zero-order chi connectivity index (χ0) is 11.9. The zero-order valence-corrected chi connectivity index (χ0v) is 10.1. The second-order valence-electron chi connectivity index (χ2n) is 4.29. The molecule has 2 aromatic rings. The first-order valence-electron chi connectivity index (χ1n) is 5.28. The van der Waals surface area contributed by atoms with E-state index in [1.54, 1.807) is 6.92 Å². The van der Waals surface area contributed by atoms with Gasteiger partial charge in [0.15, 0.2) is 5.78 Å². The van der Waals surface area contributed by atoms with Gasteiger partial charge in [0.25, 0.3) is 0 Å². The molecule has 0 unspecified atom stereocenters. The van der Waals surface area contributed by atoms with Crippen LogP contribution in [0.1, 0.15) is 17.3 Å². The highest BCUT2D eigenvalue weighted by Crippen LogP contribution is 2.25. The van der Waals surface area contributed by atoms with Crippen LogP contribution in [0, 0.1) is 0 Å². The fourth-order valence-corrected chi connectivity index (χ4v) is 1.98. The Morgan fingerprint density at radius 1 is 1.25 bits per heavy atom. The summed E-state index contributed by atoms with van der Waals surface area (Å²) in [6, 6.07) is 7.93. The van der Waals surface area contributed by atoms with Crippen molar-refractivity contribution in [3.05, 3.63) is 29.8 Å². The summed E-state index contributed by atoms with van der Waals surface area (Å²) in [5, 5.41) is 1.11. The smallest absolute Gasteiger partial charge is 0.159 e. The van der Waals surface area contributed by atoms with E-state index in [2.05, 4.69) is 15.5 Å². The van der Waals surface area contributed by atoms with Crippen molar-refractivity contribution in [1.82, 2.24) is 4.57 Å². The van der Waals surface area contributed by atoms with E-state index in [4.69, 9.17) is 0 Å². The topological polar surface area (TPSA) is 25.2 Å². The minimum Gasteiger partial charge on any atom is -0.364 e. The van der Waals surface area contributed by atoms with Gasteiger partial charge in [0.05, 0.1) is 0 Å². The number of hydrogen-bond donors (Lipinski definition) is 0. The molecule has 0 radical (unpaired) electrons. The molecule has 0 aliphatic carbocycles. The monoisotopic (exact) mass is 216 g/mol. The van der Waals surface area contributed by atoms with E-state index < -0.39 is 0 Å². The van der Waals surface area contributed by atoms with E-state index in [1.807, 2.05) is 39.3 Å². The third kappa shape index (κ3) is 1.58. The molecule has 0 saturated heterocycles. The number of aromatic nitrogens is 1. The maximum atomic E-state index is 11.3. The van der Waals surface area contributed by atoms with Gasteiger partial charge in [-0.1, -0.05) is 0 Å². The van der Waals surface area contributed by atoms with E-state index >= 15 is 0 Å². The number of anilines is 1. The molecule has 0 aliphatic heterocycles. The number of ketones is 1. The quantitative estimate of drug-likeness (QED) is 0.720. The number of carbonyl (C=O) groups is 1. The minimum absolute atomic E-state index is 0.108. The number of benzene rings is 1.